The Morgan fingerprint density at radius 3 is 2.43 bits per heavy atom. The van der Waals surface area contributed by atoms with E-state index in [0.29, 0.717) is 8.95 Å². The van der Waals surface area contributed by atoms with Crippen molar-refractivity contribution in [3.8, 4) is 5.75 Å². The molecule has 0 unspecified atom stereocenters. The zero-order valence-corrected chi connectivity index (χ0v) is 14.2. The van der Waals surface area contributed by atoms with Gasteiger partial charge in [0.05, 0.1) is 11.0 Å². The highest BCUT2D eigenvalue weighted by molar-refractivity contribution is 9.11. The van der Waals surface area contributed by atoms with E-state index in [1.54, 1.807) is 12.1 Å². The van der Waals surface area contributed by atoms with Crippen LogP contribution >= 0.6 is 31.9 Å². The highest BCUT2D eigenvalue weighted by atomic mass is 79.9. The van der Waals surface area contributed by atoms with Crippen LogP contribution in [0.2, 0.25) is 0 Å². The molecule has 0 aliphatic rings. The van der Waals surface area contributed by atoms with Gasteiger partial charge >= 0.3 is 10.1 Å². The fourth-order valence-corrected chi connectivity index (χ4v) is 4.12. The van der Waals surface area contributed by atoms with Crippen molar-refractivity contribution in [1.29, 1.82) is 0 Å². The van der Waals surface area contributed by atoms with Crippen LogP contribution in [0.4, 0.5) is 5.69 Å². The van der Waals surface area contributed by atoms with Crippen molar-refractivity contribution in [2.45, 2.75) is 4.90 Å². The van der Waals surface area contributed by atoms with Gasteiger partial charge in [0, 0.05) is 15.0 Å². The average molecular weight is 437 g/mol. The van der Waals surface area contributed by atoms with Gasteiger partial charge in [-0.25, -0.2) is 0 Å². The summed E-state index contributed by atoms with van der Waals surface area (Å²) in [4.78, 5) is 9.97. The van der Waals surface area contributed by atoms with Crippen molar-refractivity contribution < 1.29 is 17.5 Å². The SMILES string of the molecule is O=[N+]([O-])c1cccc(OS(=O)(=O)c2ccc(Br)cc2Br)c1. The van der Waals surface area contributed by atoms with Crippen LogP contribution in [0.15, 0.2) is 56.3 Å². The largest absolute Gasteiger partial charge is 0.379 e. The molecule has 0 saturated heterocycles. The van der Waals surface area contributed by atoms with E-state index >= 15 is 0 Å². The van der Waals surface area contributed by atoms with Gasteiger partial charge in [0.1, 0.15) is 10.6 Å². The topological polar surface area (TPSA) is 86.5 Å². The van der Waals surface area contributed by atoms with Gasteiger partial charge in [-0.1, -0.05) is 22.0 Å². The maximum absolute atomic E-state index is 12.2. The highest BCUT2D eigenvalue weighted by Gasteiger charge is 2.21. The molecule has 0 spiro atoms. The molecule has 2 aromatic carbocycles. The summed E-state index contributed by atoms with van der Waals surface area (Å²) in [6.07, 6.45) is 0. The molecular weight excluding hydrogens is 430 g/mol. The first-order valence-corrected chi connectivity index (χ1v) is 8.43. The standard InChI is InChI=1S/C12H7Br2NO5S/c13-8-4-5-12(11(14)6-8)21(18,19)20-10-3-1-2-9(7-10)15(16)17/h1-7H. The maximum atomic E-state index is 12.2. The summed E-state index contributed by atoms with van der Waals surface area (Å²) in [6.45, 7) is 0. The summed E-state index contributed by atoms with van der Waals surface area (Å²) in [5.41, 5.74) is -0.252. The quantitative estimate of drug-likeness (QED) is 0.412. The molecule has 0 fully saturated rings. The summed E-state index contributed by atoms with van der Waals surface area (Å²) in [5.74, 6) is -0.126. The third-order valence-electron chi connectivity index (χ3n) is 2.40. The number of nitro groups is 1. The van der Waals surface area contributed by atoms with Crippen molar-refractivity contribution in [3.63, 3.8) is 0 Å². The lowest BCUT2D eigenvalue weighted by molar-refractivity contribution is -0.384. The number of halogens is 2. The van der Waals surface area contributed by atoms with E-state index in [4.69, 9.17) is 4.18 Å². The number of rotatable bonds is 4. The molecule has 0 aromatic heterocycles. The first kappa shape index (κ1) is 15.9. The number of hydrogen-bond donors (Lipinski definition) is 0. The van der Waals surface area contributed by atoms with Crippen LogP contribution in [-0.4, -0.2) is 13.3 Å². The third-order valence-corrected chi connectivity index (χ3v) is 5.12. The lowest BCUT2D eigenvalue weighted by Crippen LogP contribution is -2.10. The Kier molecular flexibility index (Phi) is 4.64. The van der Waals surface area contributed by atoms with Crippen molar-refractivity contribution in [3.05, 3.63) is 61.5 Å². The molecule has 0 atom stereocenters. The third kappa shape index (κ3) is 3.80. The monoisotopic (exact) mass is 435 g/mol. The summed E-state index contributed by atoms with van der Waals surface area (Å²) in [5, 5.41) is 10.7. The fourth-order valence-electron chi connectivity index (χ4n) is 1.50. The molecular formula is C12H7Br2NO5S. The van der Waals surface area contributed by atoms with E-state index in [0.717, 1.165) is 6.07 Å². The van der Waals surface area contributed by atoms with Crippen LogP contribution in [0.25, 0.3) is 0 Å². The Balaban J connectivity index is 2.37. The second kappa shape index (κ2) is 6.12. The summed E-state index contributed by atoms with van der Waals surface area (Å²) >= 11 is 6.35. The molecule has 0 amide bonds. The van der Waals surface area contributed by atoms with Gasteiger partial charge in [-0.05, 0) is 40.2 Å². The van der Waals surface area contributed by atoms with E-state index in [-0.39, 0.29) is 16.3 Å². The van der Waals surface area contributed by atoms with Crippen LogP contribution < -0.4 is 4.18 Å². The minimum absolute atomic E-state index is 0.0720. The molecule has 0 aliphatic carbocycles. The van der Waals surface area contributed by atoms with E-state index in [1.165, 1.54) is 24.3 Å². The van der Waals surface area contributed by atoms with Gasteiger partial charge < -0.3 is 4.18 Å². The average Bonchev–Trinajstić information content (AvgIpc) is 2.37. The second-order valence-corrected chi connectivity index (χ2v) is 7.15. The van der Waals surface area contributed by atoms with Crippen LogP contribution in [0.1, 0.15) is 0 Å². The number of nitro benzene ring substituents is 1. The maximum Gasteiger partial charge on any atom is 0.340 e. The molecule has 0 heterocycles. The van der Waals surface area contributed by atoms with E-state index in [2.05, 4.69) is 31.9 Å². The minimum atomic E-state index is -4.09. The van der Waals surface area contributed by atoms with Gasteiger partial charge in [0.15, 0.2) is 0 Å². The van der Waals surface area contributed by atoms with Crippen LogP contribution in [0, 0.1) is 10.1 Å². The van der Waals surface area contributed by atoms with Crippen molar-refractivity contribution in [2.24, 2.45) is 0 Å². The molecule has 21 heavy (non-hydrogen) atoms. The molecule has 6 nitrogen and oxygen atoms in total. The molecule has 0 saturated carbocycles. The fraction of sp³-hybridized carbons (Fsp3) is 0. The molecule has 9 heteroatoms. The van der Waals surface area contributed by atoms with E-state index in [1.807, 2.05) is 0 Å². The van der Waals surface area contributed by atoms with E-state index < -0.39 is 15.0 Å². The Morgan fingerprint density at radius 1 is 1.10 bits per heavy atom. The first-order valence-electron chi connectivity index (χ1n) is 5.43. The van der Waals surface area contributed by atoms with Gasteiger partial charge in [-0.2, -0.15) is 8.42 Å². The number of benzene rings is 2. The van der Waals surface area contributed by atoms with Gasteiger partial charge in [-0.15, -0.1) is 0 Å². The first-order chi connectivity index (χ1) is 9.79. The van der Waals surface area contributed by atoms with Crippen LogP contribution in [0.5, 0.6) is 5.75 Å². The Labute approximate surface area is 137 Å². The molecule has 2 rings (SSSR count). The Morgan fingerprint density at radius 2 is 1.81 bits per heavy atom. The number of nitrogens with zero attached hydrogens (tertiary/aromatic N) is 1. The zero-order chi connectivity index (χ0) is 15.6. The molecule has 2 aromatic rings. The zero-order valence-electron chi connectivity index (χ0n) is 10.2. The molecule has 0 aliphatic heterocycles. The lowest BCUT2D eigenvalue weighted by Gasteiger charge is -2.08. The highest BCUT2D eigenvalue weighted by Crippen LogP contribution is 2.29. The molecule has 0 N–H and O–H groups in total. The Hall–Kier alpha value is -1.45. The van der Waals surface area contributed by atoms with Crippen LogP contribution in [0.3, 0.4) is 0 Å². The van der Waals surface area contributed by atoms with Crippen molar-refractivity contribution in [1.82, 2.24) is 0 Å². The minimum Gasteiger partial charge on any atom is -0.379 e. The molecule has 0 radical (unpaired) electrons. The summed E-state index contributed by atoms with van der Waals surface area (Å²) in [6, 6.07) is 9.44. The van der Waals surface area contributed by atoms with Crippen LogP contribution in [-0.2, 0) is 10.1 Å². The normalized spacial score (nSPS) is 11.1. The van der Waals surface area contributed by atoms with E-state index in [9.17, 15) is 18.5 Å². The lowest BCUT2D eigenvalue weighted by atomic mass is 10.3. The van der Waals surface area contributed by atoms with Gasteiger partial charge in [0.2, 0.25) is 0 Å². The predicted molar refractivity (Wildman–Crippen MR) is 82.8 cm³/mol. The van der Waals surface area contributed by atoms with Crippen molar-refractivity contribution in [2.75, 3.05) is 0 Å². The smallest absolute Gasteiger partial charge is 0.340 e. The number of non-ortho nitro benzene ring substituents is 1. The number of hydrogen-bond acceptors (Lipinski definition) is 5. The summed E-state index contributed by atoms with van der Waals surface area (Å²) < 4.78 is 30.3. The van der Waals surface area contributed by atoms with Gasteiger partial charge in [0.25, 0.3) is 5.69 Å². The molecule has 0 bridgehead atoms. The Bertz CT molecular complexity index is 807. The second-order valence-electron chi connectivity index (χ2n) is 3.87. The predicted octanol–water partition coefficient (Wildman–Crippen LogP) is 3.89. The van der Waals surface area contributed by atoms with Gasteiger partial charge in [-0.3, -0.25) is 10.1 Å². The van der Waals surface area contributed by atoms with Crippen molar-refractivity contribution >= 4 is 47.7 Å². The summed E-state index contributed by atoms with van der Waals surface area (Å²) in [7, 11) is -4.09. The molecule has 110 valence electrons.